The summed E-state index contributed by atoms with van der Waals surface area (Å²) in [6.07, 6.45) is -2.40. The molecule has 0 aromatic heterocycles. The van der Waals surface area contributed by atoms with E-state index in [1.807, 2.05) is 5.43 Å². The molecule has 1 N–H and O–H groups in total. The lowest BCUT2D eigenvalue weighted by Gasteiger charge is -2.16. The fourth-order valence-electron chi connectivity index (χ4n) is 0.748. The van der Waals surface area contributed by atoms with Crippen LogP contribution in [0.25, 0.3) is 0 Å². The van der Waals surface area contributed by atoms with Crippen LogP contribution >= 0.6 is 0 Å². The van der Waals surface area contributed by atoms with Gasteiger partial charge in [-0.3, -0.25) is 0 Å². The number of nitrogens with zero attached hydrogens (tertiary/aromatic N) is 1. The predicted molar refractivity (Wildman–Crippen MR) is 34.5 cm³/mol. The number of alkyl halides is 5. The van der Waals surface area contributed by atoms with Crippen LogP contribution in [0.1, 0.15) is 0 Å². The molecule has 1 aliphatic rings. The minimum atomic E-state index is -5.58. The zero-order valence-corrected chi connectivity index (χ0v) is 6.28. The number of hydrazine groups is 1. The lowest BCUT2D eigenvalue weighted by molar-refractivity contribution is -0.748. The molecule has 0 aliphatic carbocycles. The molecule has 0 fully saturated rings. The van der Waals surface area contributed by atoms with Crippen molar-refractivity contribution in [1.29, 1.82) is 0 Å². The number of rotatable bonds is 1. The van der Waals surface area contributed by atoms with Gasteiger partial charge in [0.15, 0.2) is 6.21 Å². The summed E-state index contributed by atoms with van der Waals surface area (Å²) in [5, 5.41) is 0. The maximum absolute atomic E-state index is 12.5. The summed E-state index contributed by atoms with van der Waals surface area (Å²) in [6.45, 7) is -0.0534. The van der Waals surface area contributed by atoms with Gasteiger partial charge in [-0.15, -0.1) is 8.78 Å². The summed E-state index contributed by atoms with van der Waals surface area (Å²) in [7, 11) is 0. The van der Waals surface area contributed by atoms with Crippen LogP contribution in [0, 0.1) is 0 Å². The Morgan fingerprint density at radius 1 is 1.15 bits per heavy atom. The Kier molecular flexibility index (Phi) is 2.27. The first-order chi connectivity index (χ1) is 5.86. The number of allylic oxidation sites excluding steroid dienone is 1. The summed E-state index contributed by atoms with van der Waals surface area (Å²) >= 11 is 0. The van der Waals surface area contributed by atoms with Gasteiger partial charge in [-0.1, -0.05) is 6.08 Å². The Balaban J connectivity index is 2.92. The van der Waals surface area contributed by atoms with Gasteiger partial charge in [0, 0.05) is 6.08 Å². The zero-order chi connectivity index (χ0) is 10.1. The van der Waals surface area contributed by atoms with E-state index >= 15 is 0 Å². The van der Waals surface area contributed by atoms with Crippen LogP contribution in [-0.4, -0.2) is 29.7 Å². The fraction of sp³-hybridized carbons (Fsp3) is 0.500. The SMILES string of the molecule is FC(F)(F)C(F)(F)[N+]1=CC=CCN1. The van der Waals surface area contributed by atoms with E-state index in [1.165, 1.54) is 6.08 Å². The molecule has 0 radical (unpaired) electrons. The van der Waals surface area contributed by atoms with Crippen molar-refractivity contribution < 1.29 is 26.6 Å². The first-order valence-electron chi connectivity index (χ1n) is 3.33. The van der Waals surface area contributed by atoms with E-state index in [9.17, 15) is 22.0 Å². The van der Waals surface area contributed by atoms with E-state index in [2.05, 4.69) is 0 Å². The van der Waals surface area contributed by atoms with Gasteiger partial charge in [0.25, 0.3) is 0 Å². The first-order valence-corrected chi connectivity index (χ1v) is 3.33. The van der Waals surface area contributed by atoms with Crippen molar-refractivity contribution in [2.24, 2.45) is 0 Å². The quantitative estimate of drug-likeness (QED) is 0.384. The first kappa shape index (κ1) is 9.94. The van der Waals surface area contributed by atoms with Crippen molar-refractivity contribution in [2.45, 2.75) is 12.2 Å². The van der Waals surface area contributed by atoms with Gasteiger partial charge >= 0.3 is 12.2 Å². The standard InChI is InChI=1S/C6H6F5N2/c7-5(8,9)6(10,11)13-4-2-1-3-12-13/h1-2,4,12H,3H2/q+1. The largest absolute Gasteiger partial charge is 0.582 e. The average molecular weight is 201 g/mol. The molecule has 0 atom stereocenters. The second kappa shape index (κ2) is 2.97. The van der Waals surface area contributed by atoms with E-state index < -0.39 is 12.2 Å². The molecule has 1 aliphatic heterocycles. The molecule has 13 heavy (non-hydrogen) atoms. The molecule has 1 rings (SSSR count). The van der Waals surface area contributed by atoms with Crippen LogP contribution in [0.5, 0.6) is 0 Å². The Hall–Kier alpha value is -1.14. The molecule has 0 spiro atoms. The van der Waals surface area contributed by atoms with Crippen LogP contribution in [0.15, 0.2) is 12.2 Å². The number of hydrogen-bond acceptors (Lipinski definition) is 1. The molecule has 0 saturated heterocycles. The minimum Gasteiger partial charge on any atom is -0.189 e. The molecule has 2 nitrogen and oxygen atoms in total. The van der Waals surface area contributed by atoms with Gasteiger partial charge in [-0.2, -0.15) is 18.6 Å². The van der Waals surface area contributed by atoms with Gasteiger partial charge < -0.3 is 0 Å². The molecule has 0 aromatic rings. The lowest BCUT2D eigenvalue weighted by Crippen LogP contribution is -2.53. The van der Waals surface area contributed by atoms with Gasteiger partial charge in [-0.25, -0.2) is 0 Å². The second-order valence-electron chi connectivity index (χ2n) is 2.35. The molecule has 0 bridgehead atoms. The Morgan fingerprint density at radius 2 is 1.77 bits per heavy atom. The number of nitrogens with one attached hydrogen (secondary N) is 1. The van der Waals surface area contributed by atoms with Gasteiger partial charge in [0.2, 0.25) is 0 Å². The summed E-state index contributed by atoms with van der Waals surface area (Å²) in [5.41, 5.74) is 1.89. The van der Waals surface area contributed by atoms with Crippen molar-refractivity contribution in [3.8, 4) is 0 Å². The van der Waals surface area contributed by atoms with E-state index in [1.54, 1.807) is 0 Å². The Bertz CT molecular complexity index is 252. The van der Waals surface area contributed by atoms with Crippen molar-refractivity contribution in [1.82, 2.24) is 5.43 Å². The highest BCUT2D eigenvalue weighted by Gasteiger charge is 2.69. The molecule has 1 heterocycles. The van der Waals surface area contributed by atoms with E-state index in [0.29, 0.717) is 6.21 Å². The topological polar surface area (TPSA) is 15.0 Å². The van der Waals surface area contributed by atoms with Gasteiger partial charge in [0.1, 0.15) is 0 Å². The summed E-state index contributed by atoms with van der Waals surface area (Å²) < 4.78 is 59.9. The van der Waals surface area contributed by atoms with Crippen molar-refractivity contribution in [3.63, 3.8) is 0 Å². The third-order valence-electron chi connectivity index (χ3n) is 1.39. The average Bonchev–Trinajstić information content (AvgIpc) is 2.04. The maximum Gasteiger partial charge on any atom is 0.582 e. The monoisotopic (exact) mass is 201 g/mol. The summed E-state index contributed by atoms with van der Waals surface area (Å²) in [4.78, 5) is 0. The predicted octanol–water partition coefficient (Wildman–Crippen LogP) is 1.30. The highest BCUT2D eigenvalue weighted by Crippen LogP contribution is 2.35. The van der Waals surface area contributed by atoms with Crippen LogP contribution < -0.4 is 5.43 Å². The molecule has 0 unspecified atom stereocenters. The van der Waals surface area contributed by atoms with Crippen molar-refractivity contribution in [2.75, 3.05) is 6.54 Å². The lowest BCUT2D eigenvalue weighted by atomic mass is 10.4. The van der Waals surface area contributed by atoms with Gasteiger partial charge in [-0.05, 0) is 4.68 Å². The van der Waals surface area contributed by atoms with Crippen molar-refractivity contribution >= 4 is 6.21 Å². The molecular formula is C6H6F5N2+. The van der Waals surface area contributed by atoms with Crippen LogP contribution in [0.4, 0.5) is 22.0 Å². The molecule has 74 valence electrons. The zero-order valence-electron chi connectivity index (χ0n) is 6.28. The third-order valence-corrected chi connectivity index (χ3v) is 1.39. The van der Waals surface area contributed by atoms with E-state index in [4.69, 9.17) is 0 Å². The van der Waals surface area contributed by atoms with Crippen LogP contribution in [0.3, 0.4) is 0 Å². The third kappa shape index (κ3) is 1.78. The maximum atomic E-state index is 12.5. The molecular weight excluding hydrogens is 195 g/mol. The van der Waals surface area contributed by atoms with E-state index in [-0.39, 0.29) is 11.2 Å². The summed E-state index contributed by atoms with van der Waals surface area (Å²) in [5.74, 6) is 0. The normalized spacial score (nSPS) is 18.1. The molecule has 0 aromatic carbocycles. The second-order valence-corrected chi connectivity index (χ2v) is 2.35. The summed E-state index contributed by atoms with van der Waals surface area (Å²) in [6, 6.07) is -4.88. The Labute approximate surface area is 70.3 Å². The fourth-order valence-corrected chi connectivity index (χ4v) is 0.748. The Morgan fingerprint density at radius 3 is 2.15 bits per heavy atom. The molecule has 0 saturated carbocycles. The molecule has 7 heteroatoms. The van der Waals surface area contributed by atoms with E-state index in [0.717, 1.165) is 6.08 Å². The van der Waals surface area contributed by atoms with Crippen LogP contribution in [-0.2, 0) is 0 Å². The number of halogens is 5. The van der Waals surface area contributed by atoms with Gasteiger partial charge in [0.05, 0.1) is 6.54 Å². The smallest absolute Gasteiger partial charge is 0.189 e. The van der Waals surface area contributed by atoms with Crippen LogP contribution in [0.2, 0.25) is 0 Å². The highest BCUT2D eigenvalue weighted by atomic mass is 19.4. The highest BCUT2D eigenvalue weighted by molar-refractivity contribution is 5.66. The minimum absolute atomic E-state index is 0.0534. The number of hydrogen-bond donors (Lipinski definition) is 1. The number of hydrazone groups is 1. The molecule has 0 amide bonds. The van der Waals surface area contributed by atoms with Crippen molar-refractivity contribution in [3.05, 3.63) is 12.2 Å².